The third-order valence-electron chi connectivity index (χ3n) is 4.14. The fourth-order valence-electron chi connectivity index (χ4n) is 3.05. The molecule has 2 unspecified atom stereocenters. The maximum atomic E-state index is 12.7. The molecule has 0 aromatic heterocycles. The molecular formula is C13H23F3. The zero-order chi connectivity index (χ0) is 12.4. The molecule has 0 amide bonds. The van der Waals surface area contributed by atoms with Gasteiger partial charge in [0.15, 0.2) is 0 Å². The molecule has 1 fully saturated rings. The molecule has 0 aromatic rings. The van der Waals surface area contributed by atoms with Gasteiger partial charge in [-0.25, -0.2) is 0 Å². The topological polar surface area (TPSA) is 0 Å². The Morgan fingerprint density at radius 3 is 2.12 bits per heavy atom. The highest BCUT2D eigenvalue weighted by molar-refractivity contribution is 4.85. The summed E-state index contributed by atoms with van der Waals surface area (Å²) in [6, 6.07) is 0. The second kappa shape index (κ2) is 4.97. The van der Waals surface area contributed by atoms with E-state index in [1.54, 1.807) is 0 Å². The van der Waals surface area contributed by atoms with Crippen molar-refractivity contribution in [2.75, 3.05) is 0 Å². The van der Waals surface area contributed by atoms with E-state index in [2.05, 4.69) is 20.8 Å². The summed E-state index contributed by atoms with van der Waals surface area (Å²) < 4.78 is 38.1. The molecular weight excluding hydrogens is 213 g/mol. The summed E-state index contributed by atoms with van der Waals surface area (Å²) in [5, 5.41) is 0. The predicted molar refractivity (Wildman–Crippen MR) is 60.2 cm³/mol. The minimum absolute atomic E-state index is 0.0681. The summed E-state index contributed by atoms with van der Waals surface area (Å²) >= 11 is 0. The minimum atomic E-state index is -3.99. The Kier molecular flexibility index (Phi) is 4.30. The van der Waals surface area contributed by atoms with Crippen molar-refractivity contribution in [1.82, 2.24) is 0 Å². The molecule has 0 N–H and O–H groups in total. The fraction of sp³-hybridized carbons (Fsp3) is 1.00. The molecule has 0 radical (unpaired) electrons. The van der Waals surface area contributed by atoms with Crippen LogP contribution in [0.5, 0.6) is 0 Å². The highest BCUT2D eigenvalue weighted by Crippen LogP contribution is 2.47. The van der Waals surface area contributed by atoms with Crippen molar-refractivity contribution in [2.24, 2.45) is 17.3 Å². The van der Waals surface area contributed by atoms with Crippen LogP contribution in [0.25, 0.3) is 0 Å². The molecule has 0 aliphatic heterocycles. The van der Waals surface area contributed by atoms with Crippen LogP contribution in [-0.4, -0.2) is 6.18 Å². The van der Waals surface area contributed by atoms with E-state index in [9.17, 15) is 13.2 Å². The van der Waals surface area contributed by atoms with E-state index in [1.807, 2.05) is 0 Å². The highest BCUT2D eigenvalue weighted by atomic mass is 19.4. The van der Waals surface area contributed by atoms with Gasteiger partial charge in [0.1, 0.15) is 0 Å². The maximum absolute atomic E-state index is 12.7. The lowest BCUT2D eigenvalue weighted by Crippen LogP contribution is -2.35. The number of halogens is 3. The van der Waals surface area contributed by atoms with Gasteiger partial charge in [-0.15, -0.1) is 0 Å². The van der Waals surface area contributed by atoms with Crippen LogP contribution in [0.15, 0.2) is 0 Å². The van der Waals surface area contributed by atoms with Gasteiger partial charge in [-0.05, 0) is 37.0 Å². The standard InChI is InChI=1S/C13H23F3/c1-4-8-12(2,3)10-6-5-7-11(9-10)13(14,15)16/h10-11H,4-9H2,1-3H3. The normalized spacial score (nSPS) is 28.1. The van der Waals surface area contributed by atoms with E-state index in [0.29, 0.717) is 12.8 Å². The van der Waals surface area contributed by atoms with Gasteiger partial charge in [0.25, 0.3) is 0 Å². The Bertz CT molecular complexity index is 218. The molecule has 0 spiro atoms. The average molecular weight is 236 g/mol. The quantitative estimate of drug-likeness (QED) is 0.633. The van der Waals surface area contributed by atoms with Crippen molar-refractivity contribution in [1.29, 1.82) is 0 Å². The van der Waals surface area contributed by atoms with Crippen molar-refractivity contribution < 1.29 is 13.2 Å². The molecule has 0 saturated heterocycles. The number of alkyl halides is 3. The summed E-state index contributed by atoms with van der Waals surface area (Å²) in [6.45, 7) is 6.35. The number of rotatable bonds is 3. The average Bonchev–Trinajstić information content (AvgIpc) is 2.16. The largest absolute Gasteiger partial charge is 0.391 e. The van der Waals surface area contributed by atoms with Crippen LogP contribution in [0.4, 0.5) is 13.2 Å². The highest BCUT2D eigenvalue weighted by Gasteiger charge is 2.44. The van der Waals surface area contributed by atoms with E-state index >= 15 is 0 Å². The summed E-state index contributed by atoms with van der Waals surface area (Å²) in [7, 11) is 0. The van der Waals surface area contributed by atoms with E-state index in [4.69, 9.17) is 0 Å². The molecule has 1 aliphatic rings. The Labute approximate surface area is 96.6 Å². The molecule has 96 valence electrons. The number of hydrogen-bond donors (Lipinski definition) is 0. The minimum Gasteiger partial charge on any atom is -0.171 e. The molecule has 0 bridgehead atoms. The lowest BCUT2D eigenvalue weighted by atomic mass is 9.66. The first-order valence-corrected chi connectivity index (χ1v) is 6.34. The summed E-state index contributed by atoms with van der Waals surface area (Å²) in [4.78, 5) is 0. The van der Waals surface area contributed by atoms with Crippen LogP contribution in [0.2, 0.25) is 0 Å². The van der Waals surface area contributed by atoms with Gasteiger partial charge < -0.3 is 0 Å². The second-order valence-electron chi connectivity index (χ2n) is 5.84. The van der Waals surface area contributed by atoms with E-state index in [-0.39, 0.29) is 11.3 Å². The van der Waals surface area contributed by atoms with Crippen molar-refractivity contribution in [2.45, 2.75) is 65.5 Å². The molecule has 0 heterocycles. The van der Waals surface area contributed by atoms with Gasteiger partial charge in [-0.1, -0.05) is 33.6 Å². The Morgan fingerprint density at radius 2 is 1.62 bits per heavy atom. The molecule has 1 rings (SSSR count). The van der Waals surface area contributed by atoms with Crippen molar-refractivity contribution in [3.05, 3.63) is 0 Å². The van der Waals surface area contributed by atoms with Crippen molar-refractivity contribution in [3.63, 3.8) is 0 Å². The first-order chi connectivity index (χ1) is 7.27. The number of hydrogen-bond acceptors (Lipinski definition) is 0. The summed E-state index contributed by atoms with van der Waals surface area (Å²) in [5.41, 5.74) is 0.0681. The smallest absolute Gasteiger partial charge is 0.171 e. The van der Waals surface area contributed by atoms with E-state index in [1.165, 1.54) is 0 Å². The summed E-state index contributed by atoms with van der Waals surface area (Å²) in [5.74, 6) is -0.810. The molecule has 2 atom stereocenters. The van der Waals surface area contributed by atoms with Gasteiger partial charge in [0.05, 0.1) is 5.92 Å². The molecule has 1 saturated carbocycles. The van der Waals surface area contributed by atoms with Crippen molar-refractivity contribution in [3.8, 4) is 0 Å². The van der Waals surface area contributed by atoms with Crippen LogP contribution < -0.4 is 0 Å². The molecule has 1 aliphatic carbocycles. The third-order valence-corrected chi connectivity index (χ3v) is 4.14. The lowest BCUT2D eigenvalue weighted by Gasteiger charge is -2.40. The molecule has 16 heavy (non-hydrogen) atoms. The van der Waals surface area contributed by atoms with Gasteiger partial charge in [0, 0.05) is 0 Å². The van der Waals surface area contributed by atoms with E-state index in [0.717, 1.165) is 25.7 Å². The Hall–Kier alpha value is -0.210. The molecule has 3 heteroatoms. The van der Waals surface area contributed by atoms with Gasteiger partial charge in [0.2, 0.25) is 0 Å². The van der Waals surface area contributed by atoms with Gasteiger partial charge in [-0.2, -0.15) is 13.2 Å². The van der Waals surface area contributed by atoms with Crippen molar-refractivity contribution >= 4 is 0 Å². The van der Waals surface area contributed by atoms with Crippen LogP contribution in [0.1, 0.15) is 59.3 Å². The lowest BCUT2D eigenvalue weighted by molar-refractivity contribution is -0.189. The van der Waals surface area contributed by atoms with Crippen LogP contribution in [-0.2, 0) is 0 Å². The van der Waals surface area contributed by atoms with Crippen LogP contribution in [0, 0.1) is 17.3 Å². The first-order valence-electron chi connectivity index (χ1n) is 6.34. The SMILES string of the molecule is CCCC(C)(C)C1CCCC(C(F)(F)F)C1. The monoisotopic (exact) mass is 236 g/mol. The zero-order valence-corrected chi connectivity index (χ0v) is 10.5. The summed E-state index contributed by atoms with van der Waals surface area (Å²) in [6.07, 6.45) is 0.490. The van der Waals surface area contributed by atoms with Crippen LogP contribution in [0.3, 0.4) is 0 Å². The molecule has 0 nitrogen and oxygen atoms in total. The van der Waals surface area contributed by atoms with Gasteiger partial charge >= 0.3 is 6.18 Å². The molecule has 0 aromatic carbocycles. The Morgan fingerprint density at radius 1 is 1.06 bits per heavy atom. The van der Waals surface area contributed by atoms with Crippen LogP contribution >= 0.6 is 0 Å². The maximum Gasteiger partial charge on any atom is 0.391 e. The Balaban J connectivity index is 2.63. The fourth-order valence-corrected chi connectivity index (χ4v) is 3.05. The van der Waals surface area contributed by atoms with E-state index < -0.39 is 12.1 Å². The third kappa shape index (κ3) is 3.39. The van der Waals surface area contributed by atoms with Gasteiger partial charge in [-0.3, -0.25) is 0 Å². The first kappa shape index (κ1) is 13.9. The second-order valence-corrected chi connectivity index (χ2v) is 5.84. The predicted octanol–water partition coefficient (Wildman–Crippen LogP) is 5.18. The zero-order valence-electron chi connectivity index (χ0n) is 10.5.